The Balaban J connectivity index is 1.96. The average Bonchev–Trinajstić information content (AvgIpc) is 2.44. The monoisotopic (exact) mass is 285 g/mol. The predicted octanol–water partition coefficient (Wildman–Crippen LogP) is 1.73. The first kappa shape index (κ1) is 14.9. The topological polar surface area (TPSA) is 38.8 Å². The molecule has 0 N–H and O–H groups in total. The number of halogens is 2. The number of ether oxygens (including phenoxy) is 2. The summed E-state index contributed by atoms with van der Waals surface area (Å²) in [5, 5.41) is 0. The van der Waals surface area contributed by atoms with Gasteiger partial charge in [-0.2, -0.15) is 0 Å². The van der Waals surface area contributed by atoms with Gasteiger partial charge in [-0.25, -0.2) is 8.78 Å². The minimum Gasteiger partial charge on any atom is -0.469 e. The molecule has 110 valence electrons. The quantitative estimate of drug-likeness (QED) is 0.790. The van der Waals surface area contributed by atoms with E-state index in [0.29, 0.717) is 31.8 Å². The number of hydrogen-bond acceptors (Lipinski definition) is 4. The van der Waals surface area contributed by atoms with E-state index in [1.54, 1.807) is 6.07 Å². The van der Waals surface area contributed by atoms with Crippen LogP contribution >= 0.6 is 0 Å². The molecular formula is C14H17F2NO3. The molecule has 1 saturated heterocycles. The van der Waals surface area contributed by atoms with Crippen LogP contribution in [-0.4, -0.2) is 43.8 Å². The summed E-state index contributed by atoms with van der Waals surface area (Å²) in [4.78, 5) is 13.2. The highest BCUT2D eigenvalue weighted by atomic mass is 19.2. The summed E-state index contributed by atoms with van der Waals surface area (Å²) in [5.41, 5.74) is 0.309. The molecule has 1 aliphatic rings. The summed E-state index contributed by atoms with van der Waals surface area (Å²) < 4.78 is 36.8. The van der Waals surface area contributed by atoms with Gasteiger partial charge < -0.3 is 9.47 Å². The van der Waals surface area contributed by atoms with Crippen molar-refractivity contribution >= 4 is 5.97 Å². The van der Waals surface area contributed by atoms with Crippen LogP contribution in [0.25, 0.3) is 0 Å². The number of nitrogens with zero attached hydrogens (tertiary/aromatic N) is 1. The second-order valence-corrected chi connectivity index (χ2v) is 4.72. The van der Waals surface area contributed by atoms with Crippen LogP contribution in [0.15, 0.2) is 18.2 Å². The van der Waals surface area contributed by atoms with E-state index in [9.17, 15) is 13.6 Å². The van der Waals surface area contributed by atoms with E-state index in [-0.39, 0.29) is 18.5 Å². The Morgan fingerprint density at radius 1 is 1.50 bits per heavy atom. The SMILES string of the molecule is COC(=O)C[C@@H]1CN(Cc2cccc(F)c2F)CCO1. The van der Waals surface area contributed by atoms with Crippen LogP contribution < -0.4 is 0 Å². The van der Waals surface area contributed by atoms with Gasteiger partial charge in [-0.15, -0.1) is 0 Å². The minimum absolute atomic E-state index is 0.165. The first-order chi connectivity index (χ1) is 9.60. The average molecular weight is 285 g/mol. The molecule has 2 rings (SSSR count). The van der Waals surface area contributed by atoms with Gasteiger partial charge in [-0.05, 0) is 6.07 Å². The lowest BCUT2D eigenvalue weighted by atomic mass is 10.1. The number of methoxy groups -OCH3 is 1. The van der Waals surface area contributed by atoms with Crippen molar-refractivity contribution in [1.82, 2.24) is 4.90 Å². The van der Waals surface area contributed by atoms with Crippen molar-refractivity contribution in [2.24, 2.45) is 0 Å². The Morgan fingerprint density at radius 2 is 2.30 bits per heavy atom. The molecule has 1 heterocycles. The largest absolute Gasteiger partial charge is 0.469 e. The Kier molecular flexibility index (Phi) is 5.03. The van der Waals surface area contributed by atoms with E-state index in [1.165, 1.54) is 13.2 Å². The maximum absolute atomic E-state index is 13.6. The summed E-state index contributed by atoms with van der Waals surface area (Å²) in [5.74, 6) is -2.00. The molecule has 0 aliphatic carbocycles. The van der Waals surface area contributed by atoms with Gasteiger partial charge in [0.15, 0.2) is 11.6 Å². The molecule has 0 amide bonds. The third kappa shape index (κ3) is 3.74. The number of rotatable bonds is 4. The standard InChI is InChI=1S/C14H17F2NO3/c1-19-13(18)7-11-9-17(5-6-20-11)8-10-3-2-4-12(15)14(10)16/h2-4,11H,5-9H2,1H3/t11-/m1/s1. The molecule has 0 bridgehead atoms. The number of benzene rings is 1. The number of carbonyl (C=O) groups excluding carboxylic acids is 1. The second-order valence-electron chi connectivity index (χ2n) is 4.72. The van der Waals surface area contributed by atoms with Crippen molar-refractivity contribution in [2.45, 2.75) is 19.1 Å². The van der Waals surface area contributed by atoms with Crippen LogP contribution in [0, 0.1) is 11.6 Å². The Morgan fingerprint density at radius 3 is 3.05 bits per heavy atom. The molecule has 20 heavy (non-hydrogen) atoms. The fraction of sp³-hybridized carbons (Fsp3) is 0.500. The smallest absolute Gasteiger partial charge is 0.308 e. The Hall–Kier alpha value is -1.53. The lowest BCUT2D eigenvalue weighted by Gasteiger charge is -2.32. The van der Waals surface area contributed by atoms with Gasteiger partial charge >= 0.3 is 5.97 Å². The lowest BCUT2D eigenvalue weighted by Crippen LogP contribution is -2.43. The molecule has 0 radical (unpaired) electrons. The van der Waals surface area contributed by atoms with Crippen molar-refractivity contribution in [1.29, 1.82) is 0 Å². The van der Waals surface area contributed by atoms with E-state index < -0.39 is 11.6 Å². The Labute approximate surface area is 116 Å². The highest BCUT2D eigenvalue weighted by molar-refractivity contribution is 5.69. The zero-order chi connectivity index (χ0) is 14.5. The highest BCUT2D eigenvalue weighted by Gasteiger charge is 2.24. The minimum atomic E-state index is -0.845. The van der Waals surface area contributed by atoms with Crippen molar-refractivity contribution in [3.05, 3.63) is 35.4 Å². The fourth-order valence-electron chi connectivity index (χ4n) is 2.23. The van der Waals surface area contributed by atoms with Crippen LogP contribution in [0.3, 0.4) is 0 Å². The molecule has 1 atom stereocenters. The van der Waals surface area contributed by atoms with Crippen LogP contribution in [0.4, 0.5) is 8.78 Å². The first-order valence-electron chi connectivity index (χ1n) is 6.44. The predicted molar refractivity (Wildman–Crippen MR) is 68.0 cm³/mol. The molecular weight excluding hydrogens is 268 g/mol. The van der Waals surface area contributed by atoms with E-state index >= 15 is 0 Å². The maximum atomic E-state index is 13.6. The van der Waals surface area contributed by atoms with Gasteiger partial charge in [-0.3, -0.25) is 9.69 Å². The molecule has 4 nitrogen and oxygen atoms in total. The van der Waals surface area contributed by atoms with Gasteiger partial charge in [-0.1, -0.05) is 12.1 Å². The number of carbonyl (C=O) groups is 1. The summed E-state index contributed by atoms with van der Waals surface area (Å²) in [6.45, 7) is 1.86. The fourth-order valence-corrected chi connectivity index (χ4v) is 2.23. The van der Waals surface area contributed by atoms with E-state index in [1.807, 2.05) is 4.90 Å². The molecule has 1 fully saturated rings. The molecule has 1 aromatic carbocycles. The zero-order valence-corrected chi connectivity index (χ0v) is 11.3. The molecule has 1 aliphatic heterocycles. The summed E-state index contributed by atoms with van der Waals surface area (Å²) in [7, 11) is 1.32. The van der Waals surface area contributed by atoms with Crippen LogP contribution in [0.1, 0.15) is 12.0 Å². The van der Waals surface area contributed by atoms with Crippen molar-refractivity contribution in [3.8, 4) is 0 Å². The number of morpholine rings is 1. The third-order valence-corrected chi connectivity index (χ3v) is 3.27. The van der Waals surface area contributed by atoms with Crippen LogP contribution in [0.2, 0.25) is 0 Å². The summed E-state index contributed by atoms with van der Waals surface area (Å²) in [6.07, 6.45) is -0.105. The highest BCUT2D eigenvalue weighted by Crippen LogP contribution is 2.17. The third-order valence-electron chi connectivity index (χ3n) is 3.27. The molecule has 0 unspecified atom stereocenters. The van der Waals surface area contributed by atoms with Crippen molar-refractivity contribution in [3.63, 3.8) is 0 Å². The number of hydrogen-bond donors (Lipinski definition) is 0. The molecule has 1 aromatic rings. The van der Waals surface area contributed by atoms with E-state index in [4.69, 9.17) is 4.74 Å². The van der Waals surface area contributed by atoms with Crippen molar-refractivity contribution in [2.75, 3.05) is 26.8 Å². The number of esters is 1. The summed E-state index contributed by atoms with van der Waals surface area (Å²) >= 11 is 0. The maximum Gasteiger partial charge on any atom is 0.308 e. The summed E-state index contributed by atoms with van der Waals surface area (Å²) in [6, 6.07) is 4.14. The van der Waals surface area contributed by atoms with Gasteiger partial charge in [0.1, 0.15) is 0 Å². The first-order valence-corrected chi connectivity index (χ1v) is 6.44. The normalized spacial score (nSPS) is 19.9. The molecule has 6 heteroatoms. The lowest BCUT2D eigenvalue weighted by molar-refractivity contribution is -0.145. The van der Waals surface area contributed by atoms with Crippen LogP contribution in [-0.2, 0) is 20.8 Å². The van der Waals surface area contributed by atoms with Gasteiger partial charge in [0.05, 0.1) is 26.2 Å². The van der Waals surface area contributed by atoms with Gasteiger partial charge in [0, 0.05) is 25.2 Å². The second kappa shape index (κ2) is 6.76. The van der Waals surface area contributed by atoms with E-state index in [2.05, 4.69) is 4.74 Å². The molecule has 0 aromatic heterocycles. The zero-order valence-electron chi connectivity index (χ0n) is 11.3. The molecule has 0 saturated carbocycles. The van der Waals surface area contributed by atoms with Crippen LogP contribution in [0.5, 0.6) is 0 Å². The molecule has 0 spiro atoms. The van der Waals surface area contributed by atoms with Gasteiger partial charge in [0.2, 0.25) is 0 Å². The Bertz CT molecular complexity index is 481. The van der Waals surface area contributed by atoms with E-state index in [0.717, 1.165) is 6.07 Å². The van der Waals surface area contributed by atoms with Crippen molar-refractivity contribution < 1.29 is 23.0 Å². The van der Waals surface area contributed by atoms with Gasteiger partial charge in [0.25, 0.3) is 0 Å².